The summed E-state index contributed by atoms with van der Waals surface area (Å²) in [5, 5.41) is 9.68. The van der Waals surface area contributed by atoms with E-state index in [0.29, 0.717) is 6.42 Å². The van der Waals surface area contributed by atoms with Crippen molar-refractivity contribution in [2.45, 2.75) is 38.2 Å². The zero-order valence-corrected chi connectivity index (χ0v) is 13.2. The topological polar surface area (TPSA) is 57.6 Å². The van der Waals surface area contributed by atoms with Crippen molar-refractivity contribution in [2.75, 3.05) is 6.54 Å². The normalized spacial score (nSPS) is 24.3. The molecular formula is C15H18BrNO3. The van der Waals surface area contributed by atoms with Crippen LogP contribution in [0, 0.1) is 0 Å². The lowest BCUT2D eigenvalue weighted by atomic mass is 9.81. The summed E-state index contributed by atoms with van der Waals surface area (Å²) in [6.45, 7) is 3.69. The maximum absolute atomic E-state index is 12.6. The van der Waals surface area contributed by atoms with Gasteiger partial charge in [-0.15, -0.1) is 0 Å². The van der Waals surface area contributed by atoms with Crippen molar-refractivity contribution in [1.29, 1.82) is 0 Å². The van der Waals surface area contributed by atoms with Gasteiger partial charge in [-0.05, 0) is 31.0 Å². The highest BCUT2D eigenvalue weighted by atomic mass is 79.9. The Bertz CT molecular complexity index is 528. The molecule has 5 heteroatoms. The van der Waals surface area contributed by atoms with Crippen LogP contribution in [0.2, 0.25) is 0 Å². The molecule has 1 aromatic carbocycles. The van der Waals surface area contributed by atoms with Gasteiger partial charge >= 0.3 is 0 Å². The van der Waals surface area contributed by atoms with Gasteiger partial charge in [0, 0.05) is 10.9 Å². The van der Waals surface area contributed by atoms with Crippen LogP contribution in [-0.2, 0) is 15.0 Å². The molecule has 0 bridgehead atoms. The fourth-order valence-electron chi connectivity index (χ4n) is 2.45. The number of benzene rings is 1. The average Bonchev–Trinajstić information content (AvgIpc) is 2.64. The Morgan fingerprint density at radius 3 is 2.50 bits per heavy atom. The molecule has 0 radical (unpaired) electrons. The molecular weight excluding hydrogens is 322 g/mol. The summed E-state index contributed by atoms with van der Waals surface area (Å²) in [4.78, 5) is 25.8. The molecule has 108 valence electrons. The highest BCUT2D eigenvalue weighted by Crippen LogP contribution is 2.36. The maximum atomic E-state index is 12.6. The van der Waals surface area contributed by atoms with Crippen molar-refractivity contribution < 1.29 is 14.7 Å². The van der Waals surface area contributed by atoms with Crippen molar-refractivity contribution in [3.63, 3.8) is 0 Å². The Morgan fingerprint density at radius 1 is 1.35 bits per heavy atom. The average molecular weight is 340 g/mol. The molecule has 1 heterocycles. The van der Waals surface area contributed by atoms with Gasteiger partial charge in [-0.1, -0.05) is 35.0 Å². The van der Waals surface area contributed by atoms with Crippen molar-refractivity contribution in [3.05, 3.63) is 34.3 Å². The van der Waals surface area contributed by atoms with E-state index in [1.165, 1.54) is 4.90 Å². The zero-order valence-electron chi connectivity index (χ0n) is 11.6. The van der Waals surface area contributed by atoms with E-state index in [9.17, 15) is 14.7 Å². The first kappa shape index (κ1) is 15.2. The number of aliphatic hydroxyl groups excluding tert-OH is 1. The predicted molar refractivity (Wildman–Crippen MR) is 79.1 cm³/mol. The minimum absolute atomic E-state index is 0.0836. The number of β-amino-alcohol motifs (C(OH)–C–C–N with tert-alkyl or cyclic N) is 1. The number of hydrogen-bond donors (Lipinski definition) is 1. The summed E-state index contributed by atoms with van der Waals surface area (Å²) in [5.41, 5.74) is -0.00171. The maximum Gasteiger partial charge on any atom is 0.240 e. The molecule has 2 atom stereocenters. The van der Waals surface area contributed by atoms with Gasteiger partial charge in [0.15, 0.2) is 0 Å². The van der Waals surface area contributed by atoms with Crippen LogP contribution in [-0.4, -0.2) is 34.5 Å². The lowest BCUT2D eigenvalue weighted by molar-refractivity contribution is -0.141. The number of halogens is 1. The molecule has 1 aliphatic rings. The molecule has 1 aliphatic heterocycles. The summed E-state index contributed by atoms with van der Waals surface area (Å²) < 4.78 is 0.930. The number of imide groups is 1. The van der Waals surface area contributed by atoms with Crippen LogP contribution in [0.1, 0.15) is 32.3 Å². The van der Waals surface area contributed by atoms with E-state index in [0.717, 1.165) is 10.0 Å². The molecule has 0 spiro atoms. The van der Waals surface area contributed by atoms with Gasteiger partial charge in [0.1, 0.15) is 0 Å². The fourth-order valence-corrected chi connectivity index (χ4v) is 2.72. The summed E-state index contributed by atoms with van der Waals surface area (Å²) in [6, 6.07) is 7.44. The fraction of sp³-hybridized carbons (Fsp3) is 0.467. The van der Waals surface area contributed by atoms with E-state index < -0.39 is 11.5 Å². The molecule has 1 aromatic rings. The second kappa shape index (κ2) is 5.66. The highest BCUT2D eigenvalue weighted by molar-refractivity contribution is 9.10. The number of aliphatic hydroxyl groups is 1. The highest BCUT2D eigenvalue weighted by Gasteiger charge is 2.49. The number of amides is 2. The SMILES string of the molecule is CCC(O)CN1C(=O)CC(C)(c2ccc(Br)cc2)C1=O. The number of nitrogens with zero attached hydrogens (tertiary/aromatic N) is 1. The third-order valence-electron chi connectivity index (χ3n) is 3.87. The Labute approximate surface area is 126 Å². The van der Waals surface area contributed by atoms with E-state index >= 15 is 0 Å². The molecule has 2 unspecified atom stereocenters. The van der Waals surface area contributed by atoms with Crippen LogP contribution in [0.25, 0.3) is 0 Å². The van der Waals surface area contributed by atoms with Crippen molar-refractivity contribution in [2.24, 2.45) is 0 Å². The first-order valence-corrected chi connectivity index (χ1v) is 7.46. The van der Waals surface area contributed by atoms with Gasteiger partial charge in [0.25, 0.3) is 0 Å². The third kappa shape index (κ3) is 2.65. The van der Waals surface area contributed by atoms with Crippen molar-refractivity contribution in [3.8, 4) is 0 Å². The van der Waals surface area contributed by atoms with Gasteiger partial charge in [0.05, 0.1) is 18.1 Å². The van der Waals surface area contributed by atoms with E-state index in [1.54, 1.807) is 6.92 Å². The Kier molecular flexibility index (Phi) is 4.30. The van der Waals surface area contributed by atoms with Crippen LogP contribution in [0.3, 0.4) is 0 Å². The molecule has 1 fully saturated rings. The lowest BCUT2D eigenvalue weighted by Crippen LogP contribution is -2.40. The lowest BCUT2D eigenvalue weighted by Gasteiger charge is -2.23. The molecule has 20 heavy (non-hydrogen) atoms. The summed E-state index contributed by atoms with van der Waals surface area (Å²) in [5.74, 6) is -0.440. The Morgan fingerprint density at radius 2 is 1.95 bits per heavy atom. The van der Waals surface area contributed by atoms with Crippen LogP contribution in [0.4, 0.5) is 0 Å². The zero-order chi connectivity index (χ0) is 14.9. The predicted octanol–water partition coefficient (Wildman–Crippen LogP) is 2.24. The number of carbonyl (C=O) groups is 2. The largest absolute Gasteiger partial charge is 0.391 e. The summed E-state index contributed by atoms with van der Waals surface area (Å²) in [6.07, 6.45) is 0.0193. The van der Waals surface area contributed by atoms with E-state index in [1.807, 2.05) is 31.2 Å². The minimum Gasteiger partial charge on any atom is -0.391 e. The van der Waals surface area contributed by atoms with E-state index in [2.05, 4.69) is 15.9 Å². The molecule has 1 saturated heterocycles. The number of likely N-dealkylation sites (tertiary alicyclic amines) is 1. The second-order valence-electron chi connectivity index (χ2n) is 5.39. The number of hydrogen-bond acceptors (Lipinski definition) is 3. The summed E-state index contributed by atoms with van der Waals surface area (Å²) in [7, 11) is 0. The van der Waals surface area contributed by atoms with Crippen LogP contribution < -0.4 is 0 Å². The second-order valence-corrected chi connectivity index (χ2v) is 6.30. The van der Waals surface area contributed by atoms with Crippen LogP contribution in [0.5, 0.6) is 0 Å². The monoisotopic (exact) mass is 339 g/mol. The first-order chi connectivity index (χ1) is 9.38. The van der Waals surface area contributed by atoms with Gasteiger partial charge in [-0.3, -0.25) is 14.5 Å². The van der Waals surface area contributed by atoms with E-state index in [-0.39, 0.29) is 24.8 Å². The van der Waals surface area contributed by atoms with E-state index in [4.69, 9.17) is 0 Å². The Hall–Kier alpha value is -1.20. The third-order valence-corrected chi connectivity index (χ3v) is 4.40. The quantitative estimate of drug-likeness (QED) is 0.856. The molecule has 1 N–H and O–H groups in total. The molecule has 2 amide bonds. The molecule has 0 saturated carbocycles. The number of rotatable bonds is 4. The van der Waals surface area contributed by atoms with Crippen LogP contribution in [0.15, 0.2) is 28.7 Å². The number of carbonyl (C=O) groups excluding carboxylic acids is 2. The first-order valence-electron chi connectivity index (χ1n) is 6.67. The summed E-state index contributed by atoms with van der Waals surface area (Å²) >= 11 is 3.36. The van der Waals surface area contributed by atoms with Gasteiger partial charge in [-0.25, -0.2) is 0 Å². The molecule has 0 aliphatic carbocycles. The Balaban J connectivity index is 2.28. The van der Waals surface area contributed by atoms with Crippen molar-refractivity contribution >= 4 is 27.7 Å². The van der Waals surface area contributed by atoms with Crippen LogP contribution >= 0.6 is 15.9 Å². The minimum atomic E-state index is -0.828. The van der Waals surface area contributed by atoms with Gasteiger partial charge < -0.3 is 5.11 Å². The van der Waals surface area contributed by atoms with Crippen molar-refractivity contribution in [1.82, 2.24) is 4.90 Å². The molecule has 4 nitrogen and oxygen atoms in total. The van der Waals surface area contributed by atoms with Gasteiger partial charge in [-0.2, -0.15) is 0 Å². The molecule has 2 rings (SSSR count). The standard InChI is InChI=1S/C15H18BrNO3/c1-3-12(18)9-17-13(19)8-15(2,14(17)20)10-4-6-11(16)7-5-10/h4-7,12,18H,3,8-9H2,1-2H3. The molecule has 0 aromatic heterocycles. The smallest absolute Gasteiger partial charge is 0.240 e. The van der Waals surface area contributed by atoms with Gasteiger partial charge in [0.2, 0.25) is 11.8 Å².